The van der Waals surface area contributed by atoms with Crippen LogP contribution in [-0.2, 0) is 13.0 Å². The highest BCUT2D eigenvalue weighted by molar-refractivity contribution is 5.23. The van der Waals surface area contributed by atoms with Gasteiger partial charge >= 0.3 is 0 Å². The second kappa shape index (κ2) is 6.65. The van der Waals surface area contributed by atoms with Gasteiger partial charge in [0.2, 0.25) is 0 Å². The lowest BCUT2D eigenvalue weighted by Crippen LogP contribution is -2.25. The van der Waals surface area contributed by atoms with Crippen LogP contribution in [0.1, 0.15) is 29.2 Å². The van der Waals surface area contributed by atoms with Gasteiger partial charge < -0.3 is 9.47 Å². The van der Waals surface area contributed by atoms with E-state index in [-0.39, 0.29) is 0 Å². The number of aryl methyl sites for hydroxylation is 3. The first-order valence-electron chi connectivity index (χ1n) is 7.11. The topological polar surface area (TPSA) is 62.6 Å². The fourth-order valence-corrected chi connectivity index (χ4v) is 2.39. The zero-order chi connectivity index (χ0) is 14.5. The third-order valence-electron chi connectivity index (χ3n) is 3.78. The molecule has 0 aliphatic rings. The molecule has 1 N–H and O–H groups in total. The Labute approximate surface area is 120 Å². The molecule has 0 atom stereocenters. The van der Waals surface area contributed by atoms with Gasteiger partial charge in [-0.15, -0.1) is 10.2 Å². The Morgan fingerprint density at radius 1 is 1.25 bits per heavy atom. The quantitative estimate of drug-likeness (QED) is 0.832. The maximum absolute atomic E-state index is 4.24. The first kappa shape index (κ1) is 14.7. The monoisotopic (exact) mass is 276 g/mol. The van der Waals surface area contributed by atoms with Crippen LogP contribution in [0, 0.1) is 20.8 Å². The molecule has 6 nitrogen and oxygen atoms in total. The van der Waals surface area contributed by atoms with Crippen LogP contribution < -0.4 is 0 Å². The van der Waals surface area contributed by atoms with Gasteiger partial charge in [0.1, 0.15) is 12.2 Å². The zero-order valence-electron chi connectivity index (χ0n) is 12.8. The van der Waals surface area contributed by atoms with Crippen LogP contribution in [0.25, 0.3) is 0 Å². The number of aromatic amines is 1. The number of aromatic nitrogens is 5. The van der Waals surface area contributed by atoms with E-state index in [2.05, 4.69) is 50.8 Å². The van der Waals surface area contributed by atoms with Crippen molar-refractivity contribution in [3.05, 3.63) is 29.1 Å². The number of hydrogen-bond acceptors (Lipinski definition) is 4. The van der Waals surface area contributed by atoms with E-state index < -0.39 is 0 Å². The summed E-state index contributed by atoms with van der Waals surface area (Å²) in [6.45, 7) is 9.19. The summed E-state index contributed by atoms with van der Waals surface area (Å²) in [5, 5.41) is 15.2. The maximum atomic E-state index is 4.24. The minimum Gasteiger partial charge on any atom is -0.317 e. The smallest absolute Gasteiger partial charge is 0.129 e. The fraction of sp³-hybridized carbons (Fsp3) is 0.643. The number of nitrogens with one attached hydrogen (secondary N) is 1. The van der Waals surface area contributed by atoms with Gasteiger partial charge in [0, 0.05) is 18.8 Å². The number of H-pyrrole nitrogens is 1. The molecular weight excluding hydrogens is 252 g/mol. The molecule has 0 amide bonds. The first-order valence-corrected chi connectivity index (χ1v) is 7.11. The van der Waals surface area contributed by atoms with Gasteiger partial charge in [-0.1, -0.05) is 0 Å². The Kier molecular flexibility index (Phi) is 4.89. The predicted molar refractivity (Wildman–Crippen MR) is 78.6 cm³/mol. The molecule has 110 valence electrons. The number of rotatable bonds is 7. The van der Waals surface area contributed by atoms with Crippen molar-refractivity contribution in [3.8, 4) is 0 Å². The molecule has 2 aromatic rings. The van der Waals surface area contributed by atoms with Crippen molar-refractivity contribution in [1.82, 2.24) is 29.9 Å². The summed E-state index contributed by atoms with van der Waals surface area (Å²) in [4.78, 5) is 2.35. The average molecular weight is 276 g/mol. The molecule has 2 heterocycles. The van der Waals surface area contributed by atoms with Gasteiger partial charge in [0.25, 0.3) is 0 Å². The summed E-state index contributed by atoms with van der Waals surface area (Å²) in [5.41, 5.74) is 3.70. The lowest BCUT2D eigenvalue weighted by molar-refractivity contribution is 0.313. The summed E-state index contributed by atoms with van der Waals surface area (Å²) in [6.07, 6.45) is 4.03. The Morgan fingerprint density at radius 2 is 2.05 bits per heavy atom. The SMILES string of the molecule is Cc1n[nH]c(C)c1CCCN(C)CCn1cnnc1C. The summed E-state index contributed by atoms with van der Waals surface area (Å²) >= 11 is 0. The molecule has 0 aromatic carbocycles. The van der Waals surface area contributed by atoms with Crippen LogP contribution in [0.5, 0.6) is 0 Å². The van der Waals surface area contributed by atoms with E-state index in [0.29, 0.717) is 0 Å². The van der Waals surface area contributed by atoms with Crippen molar-refractivity contribution in [2.75, 3.05) is 20.1 Å². The van der Waals surface area contributed by atoms with E-state index in [0.717, 1.165) is 44.0 Å². The molecule has 2 rings (SSSR count). The summed E-state index contributed by atoms with van der Waals surface area (Å²) < 4.78 is 2.08. The molecule has 0 saturated carbocycles. The number of nitrogens with zero attached hydrogens (tertiary/aromatic N) is 5. The van der Waals surface area contributed by atoms with Gasteiger partial charge in [-0.25, -0.2) is 0 Å². The van der Waals surface area contributed by atoms with Crippen molar-refractivity contribution in [3.63, 3.8) is 0 Å². The van der Waals surface area contributed by atoms with Crippen LogP contribution >= 0.6 is 0 Å². The van der Waals surface area contributed by atoms with Crippen molar-refractivity contribution in [2.45, 2.75) is 40.2 Å². The molecule has 6 heteroatoms. The summed E-state index contributed by atoms with van der Waals surface area (Å²) in [5.74, 6) is 0.975. The van der Waals surface area contributed by atoms with Crippen molar-refractivity contribution < 1.29 is 0 Å². The van der Waals surface area contributed by atoms with E-state index in [9.17, 15) is 0 Å². The average Bonchev–Trinajstić information content (AvgIpc) is 2.96. The maximum Gasteiger partial charge on any atom is 0.129 e. The Bertz CT molecular complexity index is 522. The molecule has 0 radical (unpaired) electrons. The minimum absolute atomic E-state index is 0.944. The van der Waals surface area contributed by atoms with Crippen LogP contribution in [0.3, 0.4) is 0 Å². The highest BCUT2D eigenvalue weighted by Crippen LogP contribution is 2.11. The standard InChI is InChI=1S/C14H24N6/c1-11-14(12(2)17-16-11)6-5-7-19(4)8-9-20-10-15-18-13(20)3/h10H,5-9H2,1-4H3,(H,16,17). The fourth-order valence-electron chi connectivity index (χ4n) is 2.39. The van der Waals surface area contributed by atoms with E-state index in [1.54, 1.807) is 6.33 Å². The Morgan fingerprint density at radius 3 is 2.65 bits per heavy atom. The van der Waals surface area contributed by atoms with Crippen molar-refractivity contribution in [1.29, 1.82) is 0 Å². The second-order valence-corrected chi connectivity index (χ2v) is 5.39. The van der Waals surface area contributed by atoms with Gasteiger partial charge in [-0.3, -0.25) is 5.10 Å². The second-order valence-electron chi connectivity index (χ2n) is 5.39. The van der Waals surface area contributed by atoms with Crippen LogP contribution in [0.15, 0.2) is 6.33 Å². The first-order chi connectivity index (χ1) is 9.58. The molecule has 0 bridgehead atoms. The zero-order valence-corrected chi connectivity index (χ0v) is 12.8. The van der Waals surface area contributed by atoms with Crippen LogP contribution in [0.4, 0.5) is 0 Å². The molecule has 0 spiro atoms. The molecule has 0 saturated heterocycles. The van der Waals surface area contributed by atoms with Gasteiger partial charge in [0.05, 0.1) is 5.69 Å². The van der Waals surface area contributed by atoms with Crippen molar-refractivity contribution in [2.24, 2.45) is 0 Å². The number of likely N-dealkylation sites (N-methyl/N-ethyl adjacent to an activating group) is 1. The highest BCUT2D eigenvalue weighted by atomic mass is 15.3. The van der Waals surface area contributed by atoms with Gasteiger partial charge in [0.15, 0.2) is 0 Å². The predicted octanol–water partition coefficient (Wildman–Crippen LogP) is 1.49. The molecule has 0 fully saturated rings. The lowest BCUT2D eigenvalue weighted by atomic mass is 10.1. The van der Waals surface area contributed by atoms with Crippen LogP contribution in [0.2, 0.25) is 0 Å². The Hall–Kier alpha value is -1.69. The summed E-state index contributed by atoms with van der Waals surface area (Å²) in [7, 11) is 2.16. The molecule has 0 unspecified atom stereocenters. The molecule has 2 aromatic heterocycles. The van der Waals surface area contributed by atoms with E-state index >= 15 is 0 Å². The molecule has 0 aliphatic carbocycles. The van der Waals surface area contributed by atoms with Crippen LogP contribution in [-0.4, -0.2) is 50.0 Å². The van der Waals surface area contributed by atoms with Gasteiger partial charge in [-0.2, -0.15) is 5.10 Å². The number of hydrogen-bond donors (Lipinski definition) is 1. The third-order valence-corrected chi connectivity index (χ3v) is 3.78. The van der Waals surface area contributed by atoms with Gasteiger partial charge in [-0.05, 0) is 52.8 Å². The summed E-state index contributed by atoms with van der Waals surface area (Å²) in [6, 6.07) is 0. The minimum atomic E-state index is 0.944. The molecule has 0 aliphatic heterocycles. The van der Waals surface area contributed by atoms with E-state index in [1.807, 2.05) is 6.92 Å². The normalized spacial score (nSPS) is 11.4. The Balaban J connectivity index is 1.70. The molecular formula is C14H24N6. The third kappa shape index (κ3) is 3.66. The van der Waals surface area contributed by atoms with Crippen molar-refractivity contribution >= 4 is 0 Å². The van der Waals surface area contributed by atoms with E-state index in [4.69, 9.17) is 0 Å². The largest absolute Gasteiger partial charge is 0.317 e. The van der Waals surface area contributed by atoms with E-state index in [1.165, 1.54) is 11.3 Å². The lowest BCUT2D eigenvalue weighted by Gasteiger charge is -2.17. The highest BCUT2D eigenvalue weighted by Gasteiger charge is 2.07. The molecule has 20 heavy (non-hydrogen) atoms.